The van der Waals surface area contributed by atoms with Crippen LogP contribution in [0.5, 0.6) is 0 Å². The molecule has 7 nitrogen and oxygen atoms in total. The molecule has 1 aromatic heterocycles. The van der Waals surface area contributed by atoms with E-state index in [4.69, 9.17) is 4.52 Å². The van der Waals surface area contributed by atoms with E-state index in [2.05, 4.69) is 20.4 Å². The van der Waals surface area contributed by atoms with Crippen LogP contribution in [0.3, 0.4) is 0 Å². The lowest BCUT2D eigenvalue weighted by atomic mass is 9.98. The van der Waals surface area contributed by atoms with E-state index < -0.39 is 0 Å². The van der Waals surface area contributed by atoms with Gasteiger partial charge in [0.25, 0.3) is 0 Å². The average Bonchev–Trinajstić information content (AvgIpc) is 3.02. The van der Waals surface area contributed by atoms with E-state index in [1.165, 1.54) is 6.92 Å². The van der Waals surface area contributed by atoms with E-state index in [1.807, 2.05) is 0 Å². The molecule has 0 radical (unpaired) electrons. The van der Waals surface area contributed by atoms with Crippen molar-refractivity contribution in [3.63, 3.8) is 0 Å². The summed E-state index contributed by atoms with van der Waals surface area (Å²) in [5.41, 5.74) is 1.08. The number of benzene rings is 1. The second kappa shape index (κ2) is 7.57. The quantitative estimate of drug-likeness (QED) is 0.840. The minimum atomic E-state index is -0.129. The van der Waals surface area contributed by atoms with Crippen molar-refractivity contribution in [3.05, 3.63) is 41.5 Å². The molecule has 0 aliphatic carbocycles. The maximum atomic E-state index is 12.4. The van der Waals surface area contributed by atoms with Gasteiger partial charge in [0.1, 0.15) is 0 Å². The molecule has 1 aromatic carbocycles. The van der Waals surface area contributed by atoms with Crippen molar-refractivity contribution in [1.82, 2.24) is 15.0 Å². The summed E-state index contributed by atoms with van der Waals surface area (Å²) in [7, 11) is 0. The normalized spacial score (nSPS) is 18.1. The van der Waals surface area contributed by atoms with Crippen LogP contribution in [0.1, 0.15) is 47.8 Å². The Labute approximate surface area is 146 Å². The summed E-state index contributed by atoms with van der Waals surface area (Å²) in [4.78, 5) is 30.4. The fourth-order valence-electron chi connectivity index (χ4n) is 3.17. The predicted molar refractivity (Wildman–Crippen MR) is 92.5 cm³/mol. The van der Waals surface area contributed by atoms with Crippen molar-refractivity contribution in [2.24, 2.45) is 0 Å². The standard InChI is InChI=1S/C18H22N4O3/c1-12(23)15-7-3-4-8-16(15)20-17(24)11-22-9-5-6-14(10-22)18-19-13(2)21-25-18/h3-4,7-8,14H,5-6,9-11H2,1-2H3,(H,20,24). The summed E-state index contributed by atoms with van der Waals surface area (Å²) >= 11 is 0. The predicted octanol–water partition coefficient (Wildman–Crippen LogP) is 2.40. The van der Waals surface area contributed by atoms with E-state index in [1.54, 1.807) is 31.2 Å². The van der Waals surface area contributed by atoms with Gasteiger partial charge in [-0.05, 0) is 45.4 Å². The topological polar surface area (TPSA) is 88.3 Å². The number of likely N-dealkylation sites (tertiary alicyclic amines) is 1. The first-order valence-electron chi connectivity index (χ1n) is 8.45. The molecular formula is C18H22N4O3. The maximum absolute atomic E-state index is 12.4. The molecule has 1 unspecified atom stereocenters. The first-order valence-corrected chi connectivity index (χ1v) is 8.45. The van der Waals surface area contributed by atoms with Gasteiger partial charge in [0, 0.05) is 12.1 Å². The molecule has 1 amide bonds. The van der Waals surface area contributed by atoms with Crippen LogP contribution in [0.4, 0.5) is 5.69 Å². The van der Waals surface area contributed by atoms with Gasteiger partial charge in [-0.3, -0.25) is 14.5 Å². The lowest BCUT2D eigenvalue weighted by Gasteiger charge is -2.30. The van der Waals surface area contributed by atoms with Crippen LogP contribution in [0.25, 0.3) is 0 Å². The largest absolute Gasteiger partial charge is 0.339 e. The van der Waals surface area contributed by atoms with Gasteiger partial charge in [-0.1, -0.05) is 17.3 Å². The van der Waals surface area contributed by atoms with E-state index >= 15 is 0 Å². The fourth-order valence-corrected chi connectivity index (χ4v) is 3.17. The van der Waals surface area contributed by atoms with Gasteiger partial charge in [0.05, 0.1) is 18.2 Å². The van der Waals surface area contributed by atoms with Crippen LogP contribution < -0.4 is 5.32 Å². The maximum Gasteiger partial charge on any atom is 0.238 e. The SMILES string of the molecule is CC(=O)c1ccccc1NC(=O)CN1CCCC(c2nc(C)no2)C1. The third kappa shape index (κ3) is 4.30. The number of nitrogens with zero attached hydrogens (tertiary/aromatic N) is 3. The van der Waals surface area contributed by atoms with Crippen LogP contribution in [-0.4, -0.2) is 46.4 Å². The van der Waals surface area contributed by atoms with Crippen molar-refractivity contribution in [1.29, 1.82) is 0 Å². The zero-order valence-electron chi connectivity index (χ0n) is 14.5. The summed E-state index contributed by atoms with van der Waals surface area (Å²) in [5.74, 6) is 1.24. The van der Waals surface area contributed by atoms with E-state index in [0.717, 1.165) is 19.4 Å². The number of hydrogen-bond donors (Lipinski definition) is 1. The Bertz CT molecular complexity index is 771. The average molecular weight is 342 g/mol. The number of piperidine rings is 1. The first kappa shape index (κ1) is 17.3. The Morgan fingerprint density at radius 2 is 2.16 bits per heavy atom. The summed E-state index contributed by atoms with van der Waals surface area (Å²) in [6, 6.07) is 7.05. The molecule has 2 aromatic rings. The van der Waals surface area contributed by atoms with Crippen molar-refractivity contribution in [3.8, 4) is 0 Å². The molecular weight excluding hydrogens is 320 g/mol. The molecule has 0 saturated carbocycles. The Hall–Kier alpha value is -2.54. The second-order valence-corrected chi connectivity index (χ2v) is 6.40. The molecule has 1 aliphatic heterocycles. The second-order valence-electron chi connectivity index (χ2n) is 6.40. The highest BCUT2D eigenvalue weighted by Gasteiger charge is 2.26. The van der Waals surface area contributed by atoms with E-state index in [-0.39, 0.29) is 24.2 Å². The molecule has 1 aliphatic rings. The van der Waals surface area contributed by atoms with Gasteiger partial charge < -0.3 is 9.84 Å². The van der Waals surface area contributed by atoms with Gasteiger partial charge in [-0.25, -0.2) is 0 Å². The van der Waals surface area contributed by atoms with Gasteiger partial charge in [0.15, 0.2) is 11.6 Å². The van der Waals surface area contributed by atoms with Crippen LogP contribution in [0, 0.1) is 6.92 Å². The number of anilines is 1. The van der Waals surface area contributed by atoms with Gasteiger partial charge in [-0.15, -0.1) is 0 Å². The number of para-hydroxylation sites is 1. The van der Waals surface area contributed by atoms with Gasteiger partial charge >= 0.3 is 0 Å². The summed E-state index contributed by atoms with van der Waals surface area (Å²) in [5, 5.41) is 6.69. The van der Waals surface area contributed by atoms with E-state index in [9.17, 15) is 9.59 Å². The monoisotopic (exact) mass is 342 g/mol. The summed E-state index contributed by atoms with van der Waals surface area (Å²) < 4.78 is 5.27. The number of carbonyl (C=O) groups excluding carboxylic acids is 2. The Balaban J connectivity index is 1.60. The third-order valence-electron chi connectivity index (χ3n) is 4.35. The minimum absolute atomic E-state index is 0.0688. The zero-order valence-corrected chi connectivity index (χ0v) is 14.5. The summed E-state index contributed by atoms with van der Waals surface area (Å²) in [6.45, 7) is 5.13. The molecule has 1 N–H and O–H groups in total. The number of carbonyl (C=O) groups is 2. The molecule has 1 fully saturated rings. The number of ketones is 1. The number of Topliss-reactive ketones (excluding diaryl/α,β-unsaturated/α-hetero) is 1. The molecule has 132 valence electrons. The number of rotatable bonds is 5. The first-order chi connectivity index (χ1) is 12.0. The van der Waals surface area contributed by atoms with Crippen molar-refractivity contribution in [2.75, 3.05) is 25.0 Å². The van der Waals surface area contributed by atoms with E-state index in [0.29, 0.717) is 29.5 Å². The Morgan fingerprint density at radius 1 is 1.36 bits per heavy atom. The molecule has 0 bridgehead atoms. The molecule has 25 heavy (non-hydrogen) atoms. The van der Waals surface area contributed by atoms with Crippen LogP contribution in [-0.2, 0) is 4.79 Å². The molecule has 1 atom stereocenters. The van der Waals surface area contributed by atoms with Gasteiger partial charge in [-0.2, -0.15) is 4.98 Å². The number of aryl methyl sites for hydroxylation is 1. The lowest BCUT2D eigenvalue weighted by molar-refractivity contribution is -0.117. The number of nitrogens with one attached hydrogen (secondary N) is 1. The lowest BCUT2D eigenvalue weighted by Crippen LogP contribution is -2.40. The van der Waals surface area contributed by atoms with Crippen LogP contribution in [0.2, 0.25) is 0 Å². The molecule has 2 heterocycles. The highest BCUT2D eigenvalue weighted by molar-refractivity contribution is 6.04. The minimum Gasteiger partial charge on any atom is -0.339 e. The molecule has 3 rings (SSSR count). The molecule has 1 saturated heterocycles. The highest BCUT2D eigenvalue weighted by atomic mass is 16.5. The van der Waals surface area contributed by atoms with Gasteiger partial charge in [0.2, 0.25) is 11.8 Å². The Kier molecular flexibility index (Phi) is 5.23. The highest BCUT2D eigenvalue weighted by Crippen LogP contribution is 2.25. The smallest absolute Gasteiger partial charge is 0.238 e. The van der Waals surface area contributed by atoms with Crippen molar-refractivity contribution in [2.45, 2.75) is 32.6 Å². The Morgan fingerprint density at radius 3 is 2.88 bits per heavy atom. The third-order valence-corrected chi connectivity index (χ3v) is 4.35. The van der Waals surface area contributed by atoms with Crippen LogP contribution in [0.15, 0.2) is 28.8 Å². The number of amides is 1. The van der Waals surface area contributed by atoms with Crippen LogP contribution >= 0.6 is 0 Å². The number of hydrogen-bond acceptors (Lipinski definition) is 6. The van der Waals surface area contributed by atoms with Crippen molar-refractivity contribution < 1.29 is 14.1 Å². The summed E-state index contributed by atoms with van der Waals surface area (Å²) in [6.07, 6.45) is 1.95. The fraction of sp³-hybridized carbons (Fsp3) is 0.444. The zero-order chi connectivity index (χ0) is 17.8. The number of aromatic nitrogens is 2. The van der Waals surface area contributed by atoms with Crippen molar-refractivity contribution >= 4 is 17.4 Å². The molecule has 7 heteroatoms. The molecule has 0 spiro atoms.